The minimum absolute atomic E-state index is 0.0140. The first-order valence-corrected chi connectivity index (χ1v) is 11.8. The minimum atomic E-state index is -3.72. The average Bonchev–Trinajstić information content (AvgIpc) is 2.96. The quantitative estimate of drug-likeness (QED) is 0.700. The molecule has 10 nitrogen and oxygen atoms in total. The fraction of sp³-hybridized carbons (Fsp3) is 0.600. The number of hydrogen-bond donors (Lipinski definition) is 1. The van der Waals surface area contributed by atoms with Crippen LogP contribution in [0.3, 0.4) is 0 Å². The fourth-order valence-corrected chi connectivity index (χ4v) is 4.26. The van der Waals surface area contributed by atoms with Crippen LogP contribution in [0.2, 0.25) is 0 Å². The number of nitrogens with zero attached hydrogens (tertiary/aromatic N) is 4. The van der Waals surface area contributed by atoms with Gasteiger partial charge < -0.3 is 9.84 Å². The third kappa shape index (κ3) is 4.57. The number of sulfone groups is 1. The third-order valence-corrected chi connectivity index (χ3v) is 6.14. The predicted molar refractivity (Wildman–Crippen MR) is 115 cm³/mol. The number of anilines is 1. The molecule has 0 saturated heterocycles. The highest BCUT2D eigenvalue weighted by molar-refractivity contribution is 7.90. The van der Waals surface area contributed by atoms with Gasteiger partial charge in [0.1, 0.15) is 16.9 Å². The van der Waals surface area contributed by atoms with Gasteiger partial charge >= 0.3 is 6.09 Å². The van der Waals surface area contributed by atoms with Gasteiger partial charge in [-0.05, 0) is 53.0 Å². The van der Waals surface area contributed by atoms with Crippen LogP contribution in [-0.2, 0) is 14.6 Å². The van der Waals surface area contributed by atoms with Crippen molar-refractivity contribution in [1.29, 1.82) is 0 Å². The zero-order valence-corrected chi connectivity index (χ0v) is 19.4. The lowest BCUT2D eigenvalue weighted by molar-refractivity contribution is 0.0267. The molecule has 2 aromatic rings. The Morgan fingerprint density at radius 2 is 2.03 bits per heavy atom. The molecular weight excluding hydrogens is 424 g/mol. The molecule has 1 aliphatic rings. The molecule has 3 rings (SSSR count). The Hall–Kier alpha value is -2.53. The topological polar surface area (TPSA) is 132 Å². The zero-order chi connectivity index (χ0) is 23.4. The Kier molecular flexibility index (Phi) is 5.64. The van der Waals surface area contributed by atoms with Crippen molar-refractivity contribution in [3.05, 3.63) is 22.6 Å². The van der Waals surface area contributed by atoms with Gasteiger partial charge in [-0.3, -0.25) is 14.3 Å². The summed E-state index contributed by atoms with van der Waals surface area (Å²) in [4.78, 5) is 35.3. The van der Waals surface area contributed by atoms with Crippen LogP contribution in [0.15, 0.2) is 22.2 Å². The maximum Gasteiger partial charge on any atom is 0.414 e. The van der Waals surface area contributed by atoms with Crippen molar-refractivity contribution in [3.8, 4) is 0 Å². The van der Waals surface area contributed by atoms with E-state index in [1.54, 1.807) is 27.7 Å². The van der Waals surface area contributed by atoms with Crippen molar-refractivity contribution in [2.24, 2.45) is 0 Å². The SMILES string of the molecule is CN(C(=O)OC(C)(C)C)c1cc2cnc(S(C)(=O)=O)nc2n([C@@H]2CCC[C@@]2(C)O)c1=O. The van der Waals surface area contributed by atoms with E-state index in [0.717, 1.165) is 11.2 Å². The van der Waals surface area contributed by atoms with Gasteiger partial charge in [0.25, 0.3) is 5.56 Å². The summed E-state index contributed by atoms with van der Waals surface area (Å²) in [6, 6.07) is 0.783. The summed E-state index contributed by atoms with van der Waals surface area (Å²) in [5.41, 5.74) is -2.43. The Balaban J connectivity index is 2.29. The van der Waals surface area contributed by atoms with Crippen molar-refractivity contribution in [1.82, 2.24) is 14.5 Å². The highest BCUT2D eigenvalue weighted by Crippen LogP contribution is 2.39. The Morgan fingerprint density at radius 1 is 1.39 bits per heavy atom. The van der Waals surface area contributed by atoms with Crippen LogP contribution >= 0.6 is 0 Å². The third-order valence-electron chi connectivity index (χ3n) is 5.28. The summed E-state index contributed by atoms with van der Waals surface area (Å²) in [5, 5.41) is 10.8. The molecule has 0 aromatic carbocycles. The second-order valence-electron chi connectivity index (χ2n) is 9.21. The van der Waals surface area contributed by atoms with E-state index in [-0.39, 0.29) is 11.3 Å². The molecule has 0 radical (unpaired) electrons. The van der Waals surface area contributed by atoms with Crippen molar-refractivity contribution < 1.29 is 23.1 Å². The molecule has 170 valence electrons. The number of aromatic nitrogens is 3. The second-order valence-corrected chi connectivity index (χ2v) is 11.1. The average molecular weight is 453 g/mol. The molecule has 2 atom stereocenters. The number of pyridine rings is 1. The maximum absolute atomic E-state index is 13.5. The highest BCUT2D eigenvalue weighted by atomic mass is 32.2. The number of amides is 1. The molecular formula is C20H28N4O6S. The van der Waals surface area contributed by atoms with E-state index >= 15 is 0 Å². The lowest BCUT2D eigenvalue weighted by atomic mass is 10.00. The first kappa shape index (κ1) is 23.1. The van der Waals surface area contributed by atoms with Gasteiger partial charge in [-0.15, -0.1) is 0 Å². The summed E-state index contributed by atoms with van der Waals surface area (Å²) < 4.78 is 30.6. The number of fused-ring (bicyclic) bond motifs is 1. The van der Waals surface area contributed by atoms with E-state index in [2.05, 4.69) is 9.97 Å². The molecule has 11 heteroatoms. The monoisotopic (exact) mass is 452 g/mol. The van der Waals surface area contributed by atoms with Gasteiger partial charge in [0, 0.05) is 24.9 Å². The molecule has 1 fully saturated rings. The van der Waals surface area contributed by atoms with Crippen molar-refractivity contribution in [3.63, 3.8) is 0 Å². The van der Waals surface area contributed by atoms with Gasteiger partial charge in [0.2, 0.25) is 15.0 Å². The Labute approximate surface area is 180 Å². The molecule has 2 aromatic heterocycles. The zero-order valence-electron chi connectivity index (χ0n) is 18.5. The van der Waals surface area contributed by atoms with E-state index in [1.165, 1.54) is 23.9 Å². The molecule has 31 heavy (non-hydrogen) atoms. The first-order valence-electron chi connectivity index (χ1n) is 9.93. The molecule has 0 aliphatic heterocycles. The largest absolute Gasteiger partial charge is 0.443 e. The number of rotatable bonds is 3. The van der Waals surface area contributed by atoms with Gasteiger partial charge in [0.05, 0.1) is 11.6 Å². The van der Waals surface area contributed by atoms with Crippen LogP contribution < -0.4 is 10.5 Å². The maximum atomic E-state index is 13.5. The summed E-state index contributed by atoms with van der Waals surface area (Å²) in [6.45, 7) is 6.78. The summed E-state index contributed by atoms with van der Waals surface area (Å²) in [7, 11) is -2.30. The standard InChI is InChI=1S/C20H28N4O6S/c1-19(2,3)30-18(26)23(5)13-10-12-11-21-17(31(6,28)29)22-15(12)24(16(13)25)14-8-7-9-20(14,4)27/h10-11,14,27H,7-9H2,1-6H3/t14-,20-/m1/s1. The molecule has 0 bridgehead atoms. The molecule has 1 N–H and O–H groups in total. The van der Waals surface area contributed by atoms with E-state index in [1.807, 2.05) is 0 Å². The lowest BCUT2D eigenvalue weighted by Gasteiger charge is -2.30. The van der Waals surface area contributed by atoms with Crippen LogP contribution in [0.1, 0.15) is 53.0 Å². The summed E-state index contributed by atoms with van der Waals surface area (Å²) in [6.07, 6.45) is 3.21. The molecule has 1 aliphatic carbocycles. The van der Waals surface area contributed by atoms with Crippen molar-refractivity contribution in [2.45, 2.75) is 69.4 Å². The van der Waals surface area contributed by atoms with E-state index in [9.17, 15) is 23.1 Å². The number of carbonyl (C=O) groups excluding carboxylic acids is 1. The van der Waals surface area contributed by atoms with Crippen LogP contribution in [0, 0.1) is 0 Å². The highest BCUT2D eigenvalue weighted by Gasteiger charge is 2.40. The summed E-state index contributed by atoms with van der Waals surface area (Å²) in [5.74, 6) is 0. The van der Waals surface area contributed by atoms with Crippen molar-refractivity contribution in [2.75, 3.05) is 18.2 Å². The number of ether oxygens (including phenoxy) is 1. The van der Waals surface area contributed by atoms with Crippen LogP contribution in [0.25, 0.3) is 11.0 Å². The lowest BCUT2D eigenvalue weighted by Crippen LogP contribution is -2.42. The minimum Gasteiger partial charge on any atom is -0.443 e. The first-order chi connectivity index (χ1) is 14.1. The molecule has 1 saturated carbocycles. The summed E-state index contributed by atoms with van der Waals surface area (Å²) >= 11 is 0. The molecule has 0 spiro atoms. The molecule has 0 unspecified atom stereocenters. The van der Waals surface area contributed by atoms with Crippen LogP contribution in [0.5, 0.6) is 0 Å². The van der Waals surface area contributed by atoms with E-state index in [0.29, 0.717) is 24.6 Å². The van der Waals surface area contributed by atoms with Gasteiger partial charge in [0.15, 0.2) is 0 Å². The predicted octanol–water partition coefficient (Wildman–Crippen LogP) is 2.04. The number of aliphatic hydroxyl groups is 1. The van der Waals surface area contributed by atoms with Gasteiger partial charge in [-0.1, -0.05) is 0 Å². The van der Waals surface area contributed by atoms with Gasteiger partial charge in [-0.2, -0.15) is 4.98 Å². The Morgan fingerprint density at radius 3 is 2.55 bits per heavy atom. The number of hydrogen-bond acceptors (Lipinski definition) is 8. The molecule has 2 heterocycles. The number of carbonyl (C=O) groups is 1. The Bertz CT molecular complexity index is 1200. The van der Waals surface area contributed by atoms with Gasteiger partial charge in [-0.25, -0.2) is 18.2 Å². The van der Waals surface area contributed by atoms with E-state index < -0.39 is 43.9 Å². The van der Waals surface area contributed by atoms with Crippen molar-refractivity contribution >= 4 is 32.7 Å². The van der Waals surface area contributed by atoms with Crippen LogP contribution in [-0.4, -0.2) is 58.7 Å². The fourth-order valence-electron chi connectivity index (χ4n) is 3.76. The molecule has 1 amide bonds. The normalized spacial score (nSPS) is 22.0. The van der Waals surface area contributed by atoms with Crippen LogP contribution in [0.4, 0.5) is 10.5 Å². The second kappa shape index (κ2) is 7.56. The smallest absolute Gasteiger partial charge is 0.414 e. The van der Waals surface area contributed by atoms with E-state index in [4.69, 9.17) is 4.74 Å².